The summed E-state index contributed by atoms with van der Waals surface area (Å²) in [6.45, 7) is 6.87. The van der Waals surface area contributed by atoms with Crippen LogP contribution in [0.1, 0.15) is 47.0 Å². The summed E-state index contributed by atoms with van der Waals surface area (Å²) in [7, 11) is 1.69. The number of hydrogen-bond acceptors (Lipinski definition) is 6. The Labute approximate surface area is 188 Å². The number of hydrogen-bond donors (Lipinski definition) is 2. The molecule has 0 amide bonds. The fourth-order valence-corrected chi connectivity index (χ4v) is 8.20. The standard InChI is InChI=1S/C25H34FNO5/c1-22(2)31-20-10-15-14-9-17(26)16-8-13(27-5)6-7-23(16,3)21(14)18(29)11-24(15,4)25(20,32-22)19(30)12-28/h6-8,14-15,17-18,20-21,28-29H,9-12H2,1-5H3/t14-,15-,17-,18-,20+,21+,23-,24-,25+/m0/s1. The number of aliphatic hydroxyl groups excluding tert-OH is 2. The van der Waals surface area contributed by atoms with Gasteiger partial charge in [0.25, 0.3) is 0 Å². The van der Waals surface area contributed by atoms with Crippen molar-refractivity contribution in [3.63, 3.8) is 0 Å². The lowest BCUT2D eigenvalue weighted by atomic mass is 9.46. The first-order valence-corrected chi connectivity index (χ1v) is 11.7. The Balaban J connectivity index is 1.61. The van der Waals surface area contributed by atoms with E-state index in [9.17, 15) is 15.0 Å². The molecule has 9 atom stereocenters. The van der Waals surface area contributed by atoms with Crippen LogP contribution < -0.4 is 0 Å². The third-order valence-electron chi connectivity index (χ3n) is 9.30. The number of allylic oxidation sites excluding steroid dienone is 4. The molecule has 32 heavy (non-hydrogen) atoms. The second-order valence-corrected chi connectivity index (χ2v) is 11.2. The molecule has 7 heteroatoms. The Morgan fingerprint density at radius 1 is 1.28 bits per heavy atom. The molecule has 1 aliphatic heterocycles. The summed E-state index contributed by atoms with van der Waals surface area (Å²) in [5, 5.41) is 21.4. The highest BCUT2D eigenvalue weighted by molar-refractivity contribution is 6.05. The van der Waals surface area contributed by atoms with Gasteiger partial charge in [-0.3, -0.25) is 9.79 Å². The van der Waals surface area contributed by atoms with Gasteiger partial charge in [0, 0.05) is 23.8 Å². The van der Waals surface area contributed by atoms with E-state index < -0.39 is 53.0 Å². The number of halogens is 1. The van der Waals surface area contributed by atoms with E-state index in [1.807, 2.05) is 32.1 Å². The molecule has 0 unspecified atom stereocenters. The molecule has 1 saturated heterocycles. The summed E-state index contributed by atoms with van der Waals surface area (Å²) in [6, 6.07) is 0. The lowest BCUT2D eigenvalue weighted by Crippen LogP contribution is -2.64. The van der Waals surface area contributed by atoms with Gasteiger partial charge in [0.15, 0.2) is 17.2 Å². The molecule has 4 fully saturated rings. The third kappa shape index (κ3) is 2.59. The van der Waals surface area contributed by atoms with E-state index in [2.05, 4.69) is 4.99 Å². The average molecular weight is 448 g/mol. The molecule has 2 N–H and O–H groups in total. The highest BCUT2D eigenvalue weighted by Gasteiger charge is 2.77. The Bertz CT molecular complexity index is 943. The van der Waals surface area contributed by atoms with E-state index in [0.29, 0.717) is 18.4 Å². The zero-order chi connectivity index (χ0) is 23.3. The fourth-order valence-electron chi connectivity index (χ4n) is 8.20. The van der Waals surface area contributed by atoms with Crippen molar-refractivity contribution in [2.75, 3.05) is 13.7 Å². The predicted molar refractivity (Wildman–Crippen MR) is 117 cm³/mol. The van der Waals surface area contributed by atoms with E-state index >= 15 is 4.39 Å². The fraction of sp³-hybridized carbons (Fsp3) is 0.760. The van der Waals surface area contributed by atoms with Gasteiger partial charge >= 0.3 is 0 Å². The molecule has 1 heterocycles. The maximum absolute atomic E-state index is 15.7. The van der Waals surface area contributed by atoms with Gasteiger partial charge in [0.2, 0.25) is 0 Å². The molecule has 0 radical (unpaired) electrons. The molecule has 0 spiro atoms. The van der Waals surface area contributed by atoms with Gasteiger partial charge in [-0.15, -0.1) is 0 Å². The van der Waals surface area contributed by atoms with Gasteiger partial charge in [-0.05, 0) is 62.7 Å². The number of carbonyl (C=O) groups is 1. The van der Waals surface area contributed by atoms with Crippen LogP contribution >= 0.6 is 0 Å². The number of rotatable bonds is 2. The summed E-state index contributed by atoms with van der Waals surface area (Å²) in [6.07, 6.45) is 4.48. The Hall–Kier alpha value is -1.41. The normalized spacial score (nSPS) is 52.1. The van der Waals surface area contributed by atoms with Crippen LogP contribution in [0.3, 0.4) is 0 Å². The number of aliphatic imine (C=N–C) groups is 1. The van der Waals surface area contributed by atoms with E-state index in [4.69, 9.17) is 9.47 Å². The number of fused-ring (bicyclic) bond motifs is 7. The first-order valence-electron chi connectivity index (χ1n) is 11.7. The third-order valence-corrected chi connectivity index (χ3v) is 9.30. The molecule has 0 aromatic heterocycles. The number of nitrogens with zero attached hydrogens (tertiary/aromatic N) is 1. The topological polar surface area (TPSA) is 88.4 Å². The number of carbonyl (C=O) groups excluding carboxylic acids is 1. The largest absolute Gasteiger partial charge is 0.393 e. The Morgan fingerprint density at radius 2 is 2.00 bits per heavy atom. The molecule has 176 valence electrons. The highest BCUT2D eigenvalue weighted by Crippen LogP contribution is 2.70. The van der Waals surface area contributed by atoms with Crippen molar-refractivity contribution in [2.45, 2.75) is 76.7 Å². The Morgan fingerprint density at radius 3 is 2.66 bits per heavy atom. The van der Waals surface area contributed by atoms with Crippen molar-refractivity contribution >= 4 is 11.5 Å². The van der Waals surface area contributed by atoms with Crippen LogP contribution in [-0.4, -0.2) is 65.1 Å². The quantitative estimate of drug-likeness (QED) is 0.680. The maximum Gasteiger partial charge on any atom is 0.193 e. The van der Waals surface area contributed by atoms with Crippen LogP contribution in [0.2, 0.25) is 0 Å². The number of ketones is 1. The Kier molecular flexibility index (Phi) is 4.76. The van der Waals surface area contributed by atoms with Gasteiger partial charge in [-0.1, -0.05) is 19.9 Å². The van der Waals surface area contributed by atoms with Gasteiger partial charge < -0.3 is 19.7 Å². The first-order chi connectivity index (χ1) is 14.9. The van der Waals surface area contributed by atoms with Crippen molar-refractivity contribution in [1.29, 1.82) is 0 Å². The minimum absolute atomic E-state index is 0.0706. The molecule has 3 saturated carbocycles. The number of Topliss-reactive ketones (excluding diaryl/α,β-unsaturated/α-hetero) is 1. The van der Waals surface area contributed by atoms with Crippen LogP contribution in [0.5, 0.6) is 0 Å². The summed E-state index contributed by atoms with van der Waals surface area (Å²) in [5.41, 5.74) is -1.31. The van der Waals surface area contributed by atoms with Gasteiger partial charge in [0.1, 0.15) is 12.8 Å². The molecule has 0 bridgehead atoms. The minimum Gasteiger partial charge on any atom is -0.393 e. The lowest BCUT2D eigenvalue weighted by Gasteiger charge is -2.60. The van der Waals surface area contributed by atoms with E-state index in [-0.39, 0.29) is 24.2 Å². The van der Waals surface area contributed by atoms with E-state index in [0.717, 1.165) is 5.71 Å². The second kappa shape index (κ2) is 6.81. The summed E-state index contributed by atoms with van der Waals surface area (Å²) in [4.78, 5) is 17.4. The molecule has 5 rings (SSSR count). The minimum atomic E-state index is -1.34. The zero-order valence-electron chi connectivity index (χ0n) is 19.5. The second-order valence-electron chi connectivity index (χ2n) is 11.2. The molecular formula is C25H34FNO5. The van der Waals surface area contributed by atoms with Crippen LogP contribution in [0, 0.1) is 28.6 Å². The van der Waals surface area contributed by atoms with Crippen molar-refractivity contribution < 1.29 is 28.9 Å². The van der Waals surface area contributed by atoms with Crippen LogP contribution in [0.15, 0.2) is 28.8 Å². The van der Waals surface area contributed by atoms with Gasteiger partial charge in [-0.2, -0.15) is 0 Å². The molecule has 0 aromatic carbocycles. The number of aliphatic hydroxyl groups is 2. The van der Waals surface area contributed by atoms with Crippen LogP contribution in [0.4, 0.5) is 4.39 Å². The molecule has 6 nitrogen and oxygen atoms in total. The maximum atomic E-state index is 15.7. The average Bonchev–Trinajstić information content (AvgIpc) is 3.13. The lowest BCUT2D eigenvalue weighted by molar-refractivity contribution is -0.226. The van der Waals surface area contributed by atoms with Crippen molar-refractivity contribution in [1.82, 2.24) is 0 Å². The molecule has 5 aliphatic rings. The van der Waals surface area contributed by atoms with Crippen LogP contribution in [0.25, 0.3) is 0 Å². The predicted octanol–water partition coefficient (Wildman–Crippen LogP) is 2.78. The summed E-state index contributed by atoms with van der Waals surface area (Å²) >= 11 is 0. The zero-order valence-corrected chi connectivity index (χ0v) is 19.5. The van der Waals surface area contributed by atoms with Crippen LogP contribution in [-0.2, 0) is 14.3 Å². The van der Waals surface area contributed by atoms with Gasteiger partial charge in [0.05, 0.1) is 17.9 Å². The monoisotopic (exact) mass is 447 g/mol. The SMILES string of the molecule is CN=C1C=C[C@@]2(C)C(=C1)[C@@H](F)C[C@@H]1[C@@H]2[C@@H](O)C[C@@]2(C)[C@H]1C[C@H]1OC(C)(C)O[C@]12C(=O)CO. The molecule has 4 aliphatic carbocycles. The molecular weight excluding hydrogens is 413 g/mol. The van der Waals surface area contributed by atoms with Crippen molar-refractivity contribution in [3.05, 3.63) is 23.8 Å². The number of alkyl halides is 1. The van der Waals surface area contributed by atoms with Crippen molar-refractivity contribution in [2.24, 2.45) is 33.6 Å². The summed E-state index contributed by atoms with van der Waals surface area (Å²) in [5.74, 6) is -1.77. The number of ether oxygens (including phenoxy) is 2. The van der Waals surface area contributed by atoms with E-state index in [1.165, 1.54) is 0 Å². The van der Waals surface area contributed by atoms with E-state index in [1.54, 1.807) is 20.9 Å². The summed E-state index contributed by atoms with van der Waals surface area (Å²) < 4.78 is 28.2. The van der Waals surface area contributed by atoms with Gasteiger partial charge in [-0.25, -0.2) is 4.39 Å². The molecule has 0 aromatic rings. The highest BCUT2D eigenvalue weighted by atomic mass is 19.1. The first kappa shape index (κ1) is 22.4. The van der Waals surface area contributed by atoms with Crippen molar-refractivity contribution in [3.8, 4) is 0 Å². The smallest absolute Gasteiger partial charge is 0.193 e.